The summed E-state index contributed by atoms with van der Waals surface area (Å²) in [5.74, 6) is -6.96. The maximum absolute atomic E-state index is 14.1. The number of aliphatic hydroxyl groups is 2. The van der Waals surface area contributed by atoms with Crippen LogP contribution in [-0.4, -0.2) is 113 Å². The van der Waals surface area contributed by atoms with Gasteiger partial charge in [-0.2, -0.15) is 0 Å². The molecular weight excluding hydrogens is 708 g/mol. The summed E-state index contributed by atoms with van der Waals surface area (Å²) in [7, 11) is 3.02. The number of esters is 1. The van der Waals surface area contributed by atoms with Gasteiger partial charge in [0.15, 0.2) is 5.78 Å². The largest absolute Gasteiger partial charge is 0.508 e. The van der Waals surface area contributed by atoms with Crippen LogP contribution in [0, 0.1) is 17.8 Å². The Bertz CT molecular complexity index is 1610. The summed E-state index contributed by atoms with van der Waals surface area (Å²) >= 11 is 0. The van der Waals surface area contributed by atoms with Crippen molar-refractivity contribution in [2.75, 3.05) is 20.8 Å². The number of hydrogen-bond donors (Lipinski definition) is 4. The van der Waals surface area contributed by atoms with Gasteiger partial charge in [-0.05, 0) is 92.5 Å². The molecule has 55 heavy (non-hydrogen) atoms. The van der Waals surface area contributed by atoms with Gasteiger partial charge in [0, 0.05) is 33.1 Å². The first-order valence-corrected chi connectivity index (χ1v) is 19.3. The van der Waals surface area contributed by atoms with Gasteiger partial charge < -0.3 is 44.9 Å². The molecule has 0 radical (unpaired) electrons. The number of nitrogens with zero attached hydrogens (tertiary/aromatic N) is 1. The Hall–Kier alpha value is -3.72. The van der Waals surface area contributed by atoms with Crippen LogP contribution in [-0.2, 0) is 38.1 Å². The summed E-state index contributed by atoms with van der Waals surface area (Å²) in [6, 6.07) is 3.85. The molecule has 11 atom stereocenters. The maximum atomic E-state index is 14.1. The lowest BCUT2D eigenvalue weighted by Gasteiger charge is -2.47. The van der Waals surface area contributed by atoms with Crippen molar-refractivity contribution in [2.45, 2.75) is 127 Å². The molecule has 11 unspecified atom stereocenters. The van der Waals surface area contributed by atoms with Crippen LogP contribution in [0.3, 0.4) is 0 Å². The summed E-state index contributed by atoms with van der Waals surface area (Å²) in [5, 5.41) is 33.5. The van der Waals surface area contributed by atoms with Crippen LogP contribution in [0.2, 0.25) is 0 Å². The number of cyclic esters (lactones) is 1. The van der Waals surface area contributed by atoms with Crippen LogP contribution in [0.5, 0.6) is 5.75 Å². The molecule has 3 heterocycles. The van der Waals surface area contributed by atoms with Gasteiger partial charge in [-0.1, -0.05) is 51.1 Å². The Balaban J connectivity index is 1.80. The predicted molar refractivity (Wildman–Crippen MR) is 205 cm³/mol. The van der Waals surface area contributed by atoms with Gasteiger partial charge in [-0.15, -0.1) is 6.58 Å². The van der Waals surface area contributed by atoms with E-state index in [0.717, 1.165) is 4.90 Å². The van der Waals surface area contributed by atoms with Crippen LogP contribution in [0.25, 0.3) is 6.08 Å². The van der Waals surface area contributed by atoms with E-state index in [4.69, 9.17) is 24.7 Å². The third-order valence-corrected chi connectivity index (χ3v) is 11.2. The Morgan fingerprint density at radius 1 is 1.07 bits per heavy atom. The Morgan fingerprint density at radius 3 is 2.42 bits per heavy atom. The Labute approximate surface area is 324 Å². The molecule has 13 nitrogen and oxygen atoms in total. The SMILES string of the molecule is C=CC/C1=C\C(C)CC(C)CC(OC)C2OC(O)(C(=O)C(=O)N3CCCCC3C(=O)OC(C(C)=Cc3cccc(O)c3)C(N)C(O)CC1=O)C(C)CC2OC. The number of carbonyl (C=O) groups is 4. The fourth-order valence-corrected chi connectivity index (χ4v) is 8.20. The third kappa shape index (κ3) is 10.6. The number of fused-ring (bicyclic) bond motifs is 3. The number of ketones is 2. The van der Waals surface area contributed by atoms with Gasteiger partial charge in [-0.25, -0.2) is 4.79 Å². The number of amides is 1. The lowest BCUT2D eigenvalue weighted by Crippen LogP contribution is -2.64. The smallest absolute Gasteiger partial charge is 0.329 e. The van der Waals surface area contributed by atoms with Crippen molar-refractivity contribution >= 4 is 29.5 Å². The minimum Gasteiger partial charge on any atom is -0.508 e. The average molecular weight is 769 g/mol. The van der Waals surface area contributed by atoms with E-state index in [1.165, 1.54) is 26.4 Å². The number of benzene rings is 1. The second kappa shape index (κ2) is 19.4. The van der Waals surface area contributed by atoms with E-state index in [0.29, 0.717) is 42.4 Å². The Morgan fingerprint density at radius 2 is 1.76 bits per heavy atom. The summed E-state index contributed by atoms with van der Waals surface area (Å²) in [6.07, 6.45) is 2.64. The fourth-order valence-electron chi connectivity index (χ4n) is 8.20. The number of carbonyl (C=O) groups excluding carboxylic acids is 4. The number of hydrogen-bond acceptors (Lipinski definition) is 12. The number of ether oxygens (including phenoxy) is 4. The summed E-state index contributed by atoms with van der Waals surface area (Å²) in [4.78, 5) is 57.3. The van der Waals surface area contributed by atoms with Crippen LogP contribution >= 0.6 is 0 Å². The standard InChI is InChI=1S/C42H60N2O11/c1-8-12-29-18-24(2)17-25(3)19-34(52-6)38-35(53-7)21-27(5)42(51,55-38)39(48)40(49)44-16-10-9-15-31(44)41(50)54-37(36(43)33(47)23-32(29)46)26(4)20-28-13-11-14-30(45)22-28/h8,11,13-14,18,20,22,24-25,27,31,33-38,45,47,51H,1,9-10,12,15-17,19,21,23,43H2,2-7H3/b26-20?,29-18+. The quantitative estimate of drug-likeness (QED) is 0.185. The first kappa shape index (κ1) is 44.0. The molecule has 2 saturated heterocycles. The predicted octanol–water partition coefficient (Wildman–Crippen LogP) is 4.02. The van der Waals surface area contributed by atoms with Crippen molar-refractivity contribution in [3.8, 4) is 5.75 Å². The minimum absolute atomic E-state index is 0.00583. The molecule has 1 aromatic carbocycles. The molecule has 304 valence electrons. The number of nitrogens with two attached hydrogens (primary N) is 1. The maximum Gasteiger partial charge on any atom is 0.329 e. The number of phenols is 1. The van der Waals surface area contributed by atoms with Crippen molar-refractivity contribution in [3.63, 3.8) is 0 Å². The highest BCUT2D eigenvalue weighted by Crippen LogP contribution is 2.39. The zero-order valence-electron chi connectivity index (χ0n) is 33.0. The van der Waals surface area contributed by atoms with E-state index in [9.17, 15) is 34.5 Å². The molecule has 3 aliphatic heterocycles. The monoisotopic (exact) mass is 768 g/mol. The van der Waals surface area contributed by atoms with Crippen LogP contribution in [0.15, 0.2) is 54.1 Å². The van der Waals surface area contributed by atoms with E-state index in [1.807, 2.05) is 19.9 Å². The van der Waals surface area contributed by atoms with Gasteiger partial charge in [0.2, 0.25) is 5.79 Å². The number of phenolic OH excluding ortho intramolecular Hbond substituents is 1. The van der Waals surface area contributed by atoms with Gasteiger partial charge in [0.05, 0.1) is 24.4 Å². The van der Waals surface area contributed by atoms with E-state index >= 15 is 0 Å². The topological polar surface area (TPSA) is 195 Å². The molecule has 3 aliphatic rings. The molecule has 5 N–H and O–H groups in total. The molecule has 4 rings (SSSR count). The molecular formula is C42H60N2O11. The van der Waals surface area contributed by atoms with Crippen molar-refractivity contribution in [1.82, 2.24) is 4.90 Å². The summed E-state index contributed by atoms with van der Waals surface area (Å²) < 4.78 is 23.9. The number of piperidine rings is 1. The highest BCUT2D eigenvalue weighted by molar-refractivity contribution is 6.39. The molecule has 0 aliphatic carbocycles. The molecule has 2 fully saturated rings. The minimum atomic E-state index is -2.53. The number of Topliss-reactive ketones (excluding diaryl/α,β-unsaturated/α-hetero) is 2. The van der Waals surface area contributed by atoms with Gasteiger partial charge in [0.1, 0.15) is 24.0 Å². The highest BCUT2D eigenvalue weighted by Gasteiger charge is 2.56. The van der Waals surface area contributed by atoms with Crippen LogP contribution < -0.4 is 5.73 Å². The number of aromatic hydroxyl groups is 1. The number of rotatable bonds is 6. The molecule has 2 bridgehead atoms. The number of aliphatic hydroxyl groups excluding tert-OH is 1. The van der Waals surface area contributed by atoms with Crippen LogP contribution in [0.1, 0.15) is 84.6 Å². The van der Waals surface area contributed by atoms with Gasteiger partial charge in [-0.3, -0.25) is 14.4 Å². The van der Waals surface area contributed by atoms with E-state index in [1.54, 1.807) is 38.1 Å². The second-order valence-electron chi connectivity index (χ2n) is 15.7. The van der Waals surface area contributed by atoms with Crippen molar-refractivity contribution in [1.29, 1.82) is 0 Å². The number of allylic oxidation sites excluding steroid dienone is 3. The van der Waals surface area contributed by atoms with Crippen molar-refractivity contribution < 1.29 is 53.4 Å². The molecule has 1 aromatic rings. The van der Waals surface area contributed by atoms with Crippen molar-refractivity contribution in [2.24, 2.45) is 23.5 Å². The van der Waals surface area contributed by atoms with Crippen molar-refractivity contribution in [3.05, 3.63) is 59.7 Å². The molecule has 13 heteroatoms. The third-order valence-electron chi connectivity index (χ3n) is 11.2. The lowest BCUT2D eigenvalue weighted by atomic mass is 9.81. The first-order valence-electron chi connectivity index (χ1n) is 19.3. The van der Waals surface area contributed by atoms with E-state index in [-0.39, 0.29) is 55.6 Å². The fraction of sp³-hybridized carbons (Fsp3) is 0.619. The number of methoxy groups -OCH3 is 2. The molecule has 0 saturated carbocycles. The molecule has 1 amide bonds. The van der Waals surface area contributed by atoms with Crippen LogP contribution in [0.4, 0.5) is 0 Å². The zero-order chi connectivity index (χ0) is 40.6. The Kier molecular flexibility index (Phi) is 15.5. The highest BCUT2D eigenvalue weighted by atomic mass is 16.7. The van der Waals surface area contributed by atoms with Gasteiger partial charge in [0.25, 0.3) is 11.7 Å². The lowest BCUT2D eigenvalue weighted by molar-refractivity contribution is -0.302. The average Bonchev–Trinajstić information content (AvgIpc) is 3.15. The van der Waals surface area contributed by atoms with E-state index in [2.05, 4.69) is 6.58 Å². The molecule has 0 spiro atoms. The summed E-state index contributed by atoms with van der Waals surface area (Å²) in [6.45, 7) is 11.1. The second-order valence-corrected chi connectivity index (χ2v) is 15.7. The van der Waals surface area contributed by atoms with E-state index < -0.39 is 72.0 Å². The zero-order valence-corrected chi connectivity index (χ0v) is 33.0. The summed E-state index contributed by atoms with van der Waals surface area (Å²) in [5.41, 5.74) is 8.06. The first-order chi connectivity index (χ1) is 26.0. The van der Waals surface area contributed by atoms with Gasteiger partial charge >= 0.3 is 5.97 Å². The molecule has 0 aromatic heterocycles. The normalized spacial score (nSPS) is 36.2.